The summed E-state index contributed by atoms with van der Waals surface area (Å²) >= 11 is 0. The molecule has 0 unspecified atom stereocenters. The Bertz CT molecular complexity index is 785. The molecular weight excluding hydrogens is 378 g/mol. The molecule has 0 aliphatic heterocycles. The molecule has 1 amide bonds. The van der Waals surface area contributed by atoms with Crippen LogP contribution in [0.1, 0.15) is 95.3 Å². The molecule has 0 bridgehead atoms. The molecule has 31 heavy (non-hydrogen) atoms. The highest BCUT2D eigenvalue weighted by Gasteiger charge is 2.55. The fourth-order valence-electron chi connectivity index (χ4n) is 8.86. The van der Waals surface area contributed by atoms with Crippen LogP contribution in [0.15, 0.2) is 30.3 Å². The van der Waals surface area contributed by atoms with Crippen LogP contribution < -0.4 is 5.32 Å². The first-order valence-electron chi connectivity index (χ1n) is 13.2. The van der Waals surface area contributed by atoms with E-state index >= 15 is 0 Å². The first-order chi connectivity index (χ1) is 14.9. The lowest BCUT2D eigenvalue weighted by atomic mass is 9.44. The van der Waals surface area contributed by atoms with E-state index in [1.807, 2.05) is 30.3 Å². The van der Waals surface area contributed by atoms with Crippen LogP contribution in [-0.2, 0) is 0 Å². The zero-order valence-corrected chi connectivity index (χ0v) is 20.0. The van der Waals surface area contributed by atoms with E-state index in [1.54, 1.807) is 0 Å². The Kier molecular flexibility index (Phi) is 5.72. The van der Waals surface area contributed by atoms with Gasteiger partial charge in [0, 0.05) is 12.1 Å². The van der Waals surface area contributed by atoms with Crippen LogP contribution in [-0.4, -0.2) is 12.5 Å². The fraction of sp³-hybridized carbons (Fsp3) is 0.759. The summed E-state index contributed by atoms with van der Waals surface area (Å²) in [6.07, 6.45) is 14.3. The average molecular weight is 422 g/mol. The third-order valence-electron chi connectivity index (χ3n) is 10.5. The first kappa shape index (κ1) is 21.5. The Morgan fingerprint density at radius 1 is 0.903 bits per heavy atom. The molecule has 1 aromatic carbocycles. The van der Waals surface area contributed by atoms with Gasteiger partial charge in [0.15, 0.2) is 0 Å². The van der Waals surface area contributed by atoms with Crippen molar-refractivity contribution in [3.63, 3.8) is 0 Å². The molecule has 1 aromatic rings. The molecule has 170 valence electrons. The first-order valence-corrected chi connectivity index (χ1v) is 13.2. The molecule has 4 aliphatic rings. The molecule has 5 rings (SSSR count). The van der Waals surface area contributed by atoms with E-state index in [1.165, 1.54) is 64.2 Å². The van der Waals surface area contributed by atoms with Gasteiger partial charge in [0.1, 0.15) is 0 Å². The van der Waals surface area contributed by atoms with Crippen molar-refractivity contribution in [1.82, 2.24) is 5.32 Å². The number of rotatable bonds is 3. The molecule has 0 aromatic heterocycles. The Morgan fingerprint density at radius 2 is 1.68 bits per heavy atom. The lowest BCUT2D eigenvalue weighted by molar-refractivity contribution is -0.113. The maximum absolute atomic E-state index is 12.7. The molecule has 0 heterocycles. The fourth-order valence-corrected chi connectivity index (χ4v) is 8.86. The number of nitrogens with one attached hydrogen (secondary N) is 1. The van der Waals surface area contributed by atoms with E-state index in [-0.39, 0.29) is 5.91 Å². The Morgan fingerprint density at radius 3 is 2.48 bits per heavy atom. The number of carbonyl (C=O) groups excluding carboxylic acids is 1. The largest absolute Gasteiger partial charge is 0.352 e. The third-order valence-corrected chi connectivity index (χ3v) is 10.5. The zero-order valence-electron chi connectivity index (χ0n) is 20.0. The van der Waals surface area contributed by atoms with E-state index in [2.05, 4.69) is 26.1 Å². The molecule has 4 fully saturated rings. The minimum atomic E-state index is 0.102. The highest BCUT2D eigenvalue weighted by molar-refractivity contribution is 5.94. The summed E-state index contributed by atoms with van der Waals surface area (Å²) in [7, 11) is 0. The second-order valence-corrected chi connectivity index (χ2v) is 12.6. The normalized spacial score (nSPS) is 41.4. The van der Waals surface area contributed by atoms with Gasteiger partial charge in [0.25, 0.3) is 5.91 Å². The van der Waals surface area contributed by atoms with Crippen molar-refractivity contribution in [2.75, 3.05) is 6.54 Å². The molecule has 0 saturated heterocycles. The van der Waals surface area contributed by atoms with E-state index in [0.29, 0.717) is 16.7 Å². The van der Waals surface area contributed by atoms with Crippen LogP contribution in [0.3, 0.4) is 0 Å². The van der Waals surface area contributed by atoms with Crippen LogP contribution in [0.2, 0.25) is 0 Å². The number of fused-ring (bicyclic) bond motifs is 5. The third kappa shape index (κ3) is 3.98. The molecule has 1 N–H and O–H groups in total. The summed E-state index contributed by atoms with van der Waals surface area (Å²) in [5.41, 5.74) is 1.79. The number of amides is 1. The van der Waals surface area contributed by atoms with Crippen molar-refractivity contribution < 1.29 is 4.79 Å². The van der Waals surface area contributed by atoms with Crippen molar-refractivity contribution in [3.05, 3.63) is 35.9 Å². The molecular formula is C29H43NO. The number of hydrogen-bond donors (Lipinski definition) is 1. The van der Waals surface area contributed by atoms with Crippen LogP contribution in [0, 0.1) is 46.3 Å². The summed E-state index contributed by atoms with van der Waals surface area (Å²) in [6, 6.07) is 9.74. The number of carbonyl (C=O) groups is 1. The van der Waals surface area contributed by atoms with Crippen molar-refractivity contribution in [2.24, 2.45) is 46.3 Å². The summed E-state index contributed by atoms with van der Waals surface area (Å²) in [5, 5.41) is 3.31. The SMILES string of the molecule is CC1(C)CC[C@H]2[C@H](CC[C@@H]3[C@@H]2CC[C@]2(C)[C@@H](CNC(=O)c4ccccc4)CCC[C@@H]32)C1. The summed E-state index contributed by atoms with van der Waals surface area (Å²) in [4.78, 5) is 12.7. The number of benzene rings is 1. The van der Waals surface area contributed by atoms with Crippen LogP contribution in [0.25, 0.3) is 0 Å². The van der Waals surface area contributed by atoms with Crippen molar-refractivity contribution in [3.8, 4) is 0 Å². The smallest absolute Gasteiger partial charge is 0.251 e. The lowest BCUT2D eigenvalue weighted by Gasteiger charge is -2.61. The summed E-state index contributed by atoms with van der Waals surface area (Å²) < 4.78 is 0. The predicted octanol–water partition coefficient (Wildman–Crippen LogP) is 7.10. The second-order valence-electron chi connectivity index (χ2n) is 12.6. The van der Waals surface area contributed by atoms with Gasteiger partial charge in [-0.2, -0.15) is 0 Å². The van der Waals surface area contributed by atoms with Gasteiger partial charge in [-0.3, -0.25) is 4.79 Å². The molecule has 4 saturated carbocycles. The van der Waals surface area contributed by atoms with Gasteiger partial charge in [-0.15, -0.1) is 0 Å². The maximum atomic E-state index is 12.7. The second kappa shape index (κ2) is 8.23. The van der Waals surface area contributed by atoms with Gasteiger partial charge in [-0.1, -0.05) is 45.4 Å². The van der Waals surface area contributed by atoms with E-state index in [4.69, 9.17) is 0 Å². The van der Waals surface area contributed by atoms with Gasteiger partial charge in [-0.25, -0.2) is 0 Å². The van der Waals surface area contributed by atoms with Gasteiger partial charge in [0.05, 0.1) is 0 Å². The van der Waals surface area contributed by atoms with Gasteiger partial charge in [0.2, 0.25) is 0 Å². The molecule has 0 spiro atoms. The maximum Gasteiger partial charge on any atom is 0.251 e. The molecule has 0 radical (unpaired) electrons. The highest BCUT2D eigenvalue weighted by atomic mass is 16.1. The summed E-state index contributed by atoms with van der Waals surface area (Å²) in [5.74, 6) is 5.58. The molecule has 2 heteroatoms. The highest BCUT2D eigenvalue weighted by Crippen LogP contribution is 2.63. The average Bonchev–Trinajstić information content (AvgIpc) is 2.76. The molecule has 7 atom stereocenters. The van der Waals surface area contributed by atoms with Gasteiger partial charge < -0.3 is 5.32 Å². The van der Waals surface area contributed by atoms with E-state index in [9.17, 15) is 4.79 Å². The van der Waals surface area contributed by atoms with E-state index in [0.717, 1.165) is 41.7 Å². The Labute approximate surface area is 190 Å². The predicted molar refractivity (Wildman–Crippen MR) is 128 cm³/mol. The standard InChI is InChI=1S/C29H43NO/c1-28(2)16-14-23-21(18-28)12-13-25-24(23)15-17-29(3)22(10-7-11-26(25)29)19-30-27(31)20-8-5-4-6-9-20/h4-6,8-9,21-26H,7,10-19H2,1-3H3,(H,30,31)/t21-,22-,23+,24-,25-,26+,29-/m1/s1. The van der Waals surface area contributed by atoms with Crippen molar-refractivity contribution in [2.45, 2.75) is 85.0 Å². The minimum absolute atomic E-state index is 0.102. The minimum Gasteiger partial charge on any atom is -0.352 e. The van der Waals surface area contributed by atoms with Gasteiger partial charge in [-0.05, 0) is 116 Å². The molecule has 2 nitrogen and oxygen atoms in total. The van der Waals surface area contributed by atoms with Crippen LogP contribution in [0.4, 0.5) is 0 Å². The van der Waals surface area contributed by atoms with E-state index < -0.39 is 0 Å². The van der Waals surface area contributed by atoms with Crippen LogP contribution in [0.5, 0.6) is 0 Å². The molecule has 4 aliphatic carbocycles. The van der Waals surface area contributed by atoms with Crippen LogP contribution >= 0.6 is 0 Å². The lowest BCUT2D eigenvalue weighted by Crippen LogP contribution is -2.54. The van der Waals surface area contributed by atoms with Crippen molar-refractivity contribution >= 4 is 5.91 Å². The Balaban J connectivity index is 1.27. The quantitative estimate of drug-likeness (QED) is 0.554. The van der Waals surface area contributed by atoms with Gasteiger partial charge >= 0.3 is 0 Å². The van der Waals surface area contributed by atoms with Crippen molar-refractivity contribution in [1.29, 1.82) is 0 Å². The summed E-state index contributed by atoms with van der Waals surface area (Å²) in [6.45, 7) is 8.46. The monoisotopic (exact) mass is 421 g/mol. The number of hydrogen-bond acceptors (Lipinski definition) is 1. The topological polar surface area (TPSA) is 29.1 Å². The zero-order chi connectivity index (χ0) is 21.6. The Hall–Kier alpha value is -1.31.